The Kier molecular flexibility index (Phi) is 2.69. The van der Waals surface area contributed by atoms with Crippen LogP contribution < -0.4 is 5.73 Å². The molecule has 2 atom stereocenters. The summed E-state index contributed by atoms with van der Waals surface area (Å²) >= 11 is 0. The van der Waals surface area contributed by atoms with Crippen molar-refractivity contribution in [1.29, 1.82) is 0 Å². The van der Waals surface area contributed by atoms with E-state index in [1.165, 1.54) is 44.9 Å². The van der Waals surface area contributed by atoms with Gasteiger partial charge in [-0.25, -0.2) is 0 Å². The zero-order valence-corrected chi connectivity index (χ0v) is 11.5. The Bertz CT molecular complexity index is 452. The van der Waals surface area contributed by atoms with Crippen LogP contribution in [-0.4, -0.2) is 10.1 Å². The monoisotopic (exact) mass is 261 g/mol. The first-order chi connectivity index (χ1) is 9.24. The van der Waals surface area contributed by atoms with E-state index < -0.39 is 0 Å². The second-order valence-corrected chi connectivity index (χ2v) is 6.95. The molecule has 0 saturated heterocycles. The molecule has 0 radical (unpaired) electrons. The highest BCUT2D eigenvalue weighted by molar-refractivity contribution is 5.10. The number of fused-ring (bicyclic) bond motifs is 1. The minimum Gasteiger partial charge on any atom is -0.339 e. The largest absolute Gasteiger partial charge is 0.339 e. The van der Waals surface area contributed by atoms with Crippen molar-refractivity contribution >= 4 is 0 Å². The first-order valence-electron chi connectivity index (χ1n) is 7.87. The molecule has 3 fully saturated rings. The number of hydrogen-bond donors (Lipinski definition) is 1. The van der Waals surface area contributed by atoms with Crippen LogP contribution in [0.5, 0.6) is 0 Å². The second kappa shape index (κ2) is 4.30. The van der Waals surface area contributed by atoms with E-state index in [0.717, 1.165) is 36.4 Å². The molecule has 1 heterocycles. The van der Waals surface area contributed by atoms with Gasteiger partial charge < -0.3 is 10.3 Å². The Morgan fingerprint density at radius 2 is 1.68 bits per heavy atom. The summed E-state index contributed by atoms with van der Waals surface area (Å²) < 4.78 is 5.54. The average molecular weight is 261 g/mol. The van der Waals surface area contributed by atoms with E-state index in [1.54, 1.807) is 0 Å². The zero-order valence-electron chi connectivity index (χ0n) is 11.5. The van der Waals surface area contributed by atoms with E-state index in [0.29, 0.717) is 5.92 Å². The van der Waals surface area contributed by atoms with Crippen LogP contribution in [0.4, 0.5) is 0 Å². The first-order valence-corrected chi connectivity index (χ1v) is 7.87. The Labute approximate surface area is 114 Å². The van der Waals surface area contributed by atoms with Crippen molar-refractivity contribution in [1.82, 2.24) is 10.1 Å². The van der Waals surface area contributed by atoms with Crippen LogP contribution in [0.15, 0.2) is 4.52 Å². The molecule has 2 N–H and O–H groups in total. The number of rotatable bonds is 2. The standard InChI is InChI=1S/C15H23N3O/c16-15(5-3-1-2-4-6-15)14-17-13(19-18-14)12-8-10-7-11(10)9-12/h10-12H,1-9,16H2. The van der Waals surface area contributed by atoms with E-state index >= 15 is 0 Å². The highest BCUT2D eigenvalue weighted by Gasteiger charge is 2.48. The number of nitrogens with two attached hydrogens (primary N) is 1. The lowest BCUT2D eigenvalue weighted by Crippen LogP contribution is -2.37. The Morgan fingerprint density at radius 3 is 2.37 bits per heavy atom. The van der Waals surface area contributed by atoms with E-state index in [4.69, 9.17) is 10.3 Å². The van der Waals surface area contributed by atoms with Gasteiger partial charge >= 0.3 is 0 Å². The average Bonchev–Trinajstić information content (AvgIpc) is 2.87. The topological polar surface area (TPSA) is 64.9 Å². The SMILES string of the molecule is NC1(c2noc(C3CC4CC4C3)n2)CCCCCC1. The molecule has 3 aliphatic rings. The normalized spacial score (nSPS) is 36.8. The van der Waals surface area contributed by atoms with Gasteiger partial charge in [0.05, 0.1) is 5.54 Å². The molecule has 1 aromatic rings. The van der Waals surface area contributed by atoms with Gasteiger partial charge in [-0.1, -0.05) is 30.8 Å². The highest BCUT2D eigenvalue weighted by Crippen LogP contribution is 2.57. The third kappa shape index (κ3) is 2.10. The van der Waals surface area contributed by atoms with Gasteiger partial charge in [-0.2, -0.15) is 4.98 Å². The first kappa shape index (κ1) is 11.9. The van der Waals surface area contributed by atoms with E-state index in [9.17, 15) is 0 Å². The fourth-order valence-corrected chi connectivity index (χ4v) is 4.10. The molecule has 1 aromatic heterocycles. The molecule has 0 bridgehead atoms. The van der Waals surface area contributed by atoms with Crippen LogP contribution in [0.1, 0.15) is 75.4 Å². The molecular weight excluding hydrogens is 238 g/mol. The van der Waals surface area contributed by atoms with Gasteiger partial charge in [-0.3, -0.25) is 0 Å². The molecule has 3 aliphatic carbocycles. The van der Waals surface area contributed by atoms with Crippen LogP contribution in [0.2, 0.25) is 0 Å². The molecule has 0 aromatic carbocycles. The van der Waals surface area contributed by atoms with Crippen molar-refractivity contribution in [3.63, 3.8) is 0 Å². The Balaban J connectivity index is 1.53. The van der Waals surface area contributed by atoms with E-state index in [-0.39, 0.29) is 5.54 Å². The highest BCUT2D eigenvalue weighted by atomic mass is 16.5. The Hall–Kier alpha value is -0.900. The van der Waals surface area contributed by atoms with Crippen LogP contribution >= 0.6 is 0 Å². The Morgan fingerprint density at radius 1 is 1.00 bits per heavy atom. The lowest BCUT2D eigenvalue weighted by molar-refractivity contribution is 0.314. The predicted molar refractivity (Wildman–Crippen MR) is 71.4 cm³/mol. The molecule has 0 spiro atoms. The number of hydrogen-bond acceptors (Lipinski definition) is 4. The quantitative estimate of drug-likeness (QED) is 0.831. The summed E-state index contributed by atoms with van der Waals surface area (Å²) in [5.74, 6) is 4.04. The van der Waals surface area contributed by atoms with Crippen LogP contribution in [0.25, 0.3) is 0 Å². The minimum absolute atomic E-state index is 0.334. The van der Waals surface area contributed by atoms with Gasteiger partial charge in [0.15, 0.2) is 5.82 Å². The summed E-state index contributed by atoms with van der Waals surface area (Å²) in [6, 6.07) is 0. The summed E-state index contributed by atoms with van der Waals surface area (Å²) in [4.78, 5) is 4.68. The van der Waals surface area contributed by atoms with Gasteiger partial charge in [-0.05, 0) is 43.9 Å². The molecular formula is C15H23N3O. The lowest BCUT2D eigenvalue weighted by Gasteiger charge is -2.23. The molecule has 4 rings (SSSR count). The van der Waals surface area contributed by atoms with Crippen molar-refractivity contribution in [2.45, 2.75) is 69.2 Å². The summed E-state index contributed by atoms with van der Waals surface area (Å²) in [7, 11) is 0. The third-order valence-electron chi connectivity index (χ3n) is 5.48. The minimum atomic E-state index is -0.334. The predicted octanol–water partition coefficient (Wildman–Crippen LogP) is 3.09. The number of aromatic nitrogens is 2. The van der Waals surface area contributed by atoms with Gasteiger partial charge in [0.25, 0.3) is 0 Å². The van der Waals surface area contributed by atoms with E-state index in [2.05, 4.69) is 10.1 Å². The lowest BCUT2D eigenvalue weighted by atomic mass is 9.90. The molecule has 19 heavy (non-hydrogen) atoms. The van der Waals surface area contributed by atoms with Crippen LogP contribution in [-0.2, 0) is 5.54 Å². The summed E-state index contributed by atoms with van der Waals surface area (Å²) in [5.41, 5.74) is 6.21. The second-order valence-electron chi connectivity index (χ2n) is 6.95. The maximum Gasteiger partial charge on any atom is 0.229 e. The van der Waals surface area contributed by atoms with Gasteiger partial charge in [-0.15, -0.1) is 0 Å². The molecule has 3 saturated carbocycles. The summed E-state index contributed by atoms with van der Waals surface area (Å²) in [6.07, 6.45) is 10.9. The van der Waals surface area contributed by atoms with Crippen molar-refractivity contribution < 1.29 is 4.52 Å². The molecule has 2 unspecified atom stereocenters. The number of nitrogens with zero attached hydrogens (tertiary/aromatic N) is 2. The van der Waals surface area contributed by atoms with Crippen LogP contribution in [0.3, 0.4) is 0 Å². The fraction of sp³-hybridized carbons (Fsp3) is 0.867. The molecule has 0 amide bonds. The van der Waals surface area contributed by atoms with Crippen molar-refractivity contribution in [2.24, 2.45) is 17.6 Å². The molecule has 4 nitrogen and oxygen atoms in total. The molecule has 104 valence electrons. The van der Waals surface area contributed by atoms with Crippen molar-refractivity contribution in [2.75, 3.05) is 0 Å². The van der Waals surface area contributed by atoms with Gasteiger partial charge in [0, 0.05) is 5.92 Å². The van der Waals surface area contributed by atoms with Gasteiger partial charge in [0.2, 0.25) is 5.89 Å². The summed E-state index contributed by atoms with van der Waals surface area (Å²) in [5, 5.41) is 4.23. The maximum atomic E-state index is 6.54. The van der Waals surface area contributed by atoms with E-state index in [1.807, 2.05) is 0 Å². The third-order valence-corrected chi connectivity index (χ3v) is 5.48. The maximum absolute atomic E-state index is 6.54. The van der Waals surface area contributed by atoms with Crippen LogP contribution in [0, 0.1) is 11.8 Å². The zero-order chi connectivity index (χ0) is 12.9. The summed E-state index contributed by atoms with van der Waals surface area (Å²) in [6.45, 7) is 0. The van der Waals surface area contributed by atoms with Crippen molar-refractivity contribution in [3.8, 4) is 0 Å². The smallest absolute Gasteiger partial charge is 0.229 e. The van der Waals surface area contributed by atoms with Gasteiger partial charge in [0.1, 0.15) is 0 Å². The molecule has 4 heteroatoms. The molecule has 0 aliphatic heterocycles. The fourth-order valence-electron chi connectivity index (χ4n) is 4.10. The van der Waals surface area contributed by atoms with Crippen molar-refractivity contribution in [3.05, 3.63) is 11.7 Å².